The molecule has 2 heterocycles. The molecule has 10 heteroatoms. The zero-order valence-electron chi connectivity index (χ0n) is 23.1. The van der Waals surface area contributed by atoms with Gasteiger partial charge in [-0.1, -0.05) is 37.3 Å². The molecular weight excluding hydrogens is 532 g/mol. The summed E-state index contributed by atoms with van der Waals surface area (Å²) in [7, 11) is 1.26. The molecule has 1 atom stereocenters. The second-order valence-electron chi connectivity index (χ2n) is 9.32. The number of carbonyl (C=O) groups excluding carboxylic acids is 3. The molecule has 210 valence electrons. The number of amides is 1. The highest BCUT2D eigenvalue weighted by atomic mass is 32.1. The summed E-state index contributed by atoms with van der Waals surface area (Å²) in [5.41, 5.74) is 2.00. The van der Waals surface area contributed by atoms with Gasteiger partial charge in [0.2, 0.25) is 0 Å². The van der Waals surface area contributed by atoms with Crippen LogP contribution in [-0.4, -0.2) is 48.1 Å². The van der Waals surface area contributed by atoms with Crippen molar-refractivity contribution in [3.8, 4) is 11.5 Å². The van der Waals surface area contributed by atoms with E-state index < -0.39 is 23.7 Å². The molecule has 1 N–H and O–H groups in total. The van der Waals surface area contributed by atoms with Crippen LogP contribution in [0.3, 0.4) is 0 Å². The van der Waals surface area contributed by atoms with Crippen molar-refractivity contribution in [1.82, 2.24) is 4.98 Å². The van der Waals surface area contributed by atoms with Gasteiger partial charge in [0.05, 0.1) is 37.6 Å². The average molecular weight is 565 g/mol. The third kappa shape index (κ3) is 5.58. The van der Waals surface area contributed by atoms with Crippen LogP contribution in [-0.2, 0) is 14.3 Å². The summed E-state index contributed by atoms with van der Waals surface area (Å²) in [6, 6.07) is 11.1. The van der Waals surface area contributed by atoms with Crippen molar-refractivity contribution in [2.45, 2.75) is 46.6 Å². The number of aromatic nitrogens is 1. The SMILES string of the molecule is CCCOc1ccc(C2/C(=C(/O)c3ccc(OCCC)c(C)c3)C(=O)C(=O)N2c2nc(C)c(C(=O)OC)s2)cc1. The Balaban J connectivity index is 1.86. The quantitative estimate of drug-likeness (QED) is 0.143. The maximum Gasteiger partial charge on any atom is 0.350 e. The first-order chi connectivity index (χ1) is 19.2. The molecule has 2 aromatic carbocycles. The van der Waals surface area contributed by atoms with Gasteiger partial charge in [0.25, 0.3) is 5.78 Å². The lowest BCUT2D eigenvalue weighted by Gasteiger charge is -2.23. The molecule has 1 amide bonds. The van der Waals surface area contributed by atoms with Gasteiger partial charge >= 0.3 is 11.9 Å². The van der Waals surface area contributed by atoms with Crippen molar-refractivity contribution < 1.29 is 33.7 Å². The van der Waals surface area contributed by atoms with Crippen LogP contribution in [0.5, 0.6) is 11.5 Å². The van der Waals surface area contributed by atoms with Crippen LogP contribution in [0, 0.1) is 13.8 Å². The number of hydrogen-bond donors (Lipinski definition) is 1. The van der Waals surface area contributed by atoms with E-state index in [9.17, 15) is 19.5 Å². The predicted octanol–water partition coefficient (Wildman–Crippen LogP) is 5.75. The lowest BCUT2D eigenvalue weighted by atomic mass is 9.95. The van der Waals surface area contributed by atoms with Crippen LogP contribution in [0.1, 0.15) is 64.8 Å². The van der Waals surface area contributed by atoms with Gasteiger partial charge in [0.1, 0.15) is 22.1 Å². The maximum absolute atomic E-state index is 13.5. The summed E-state index contributed by atoms with van der Waals surface area (Å²) in [4.78, 5) is 45.1. The van der Waals surface area contributed by atoms with E-state index in [4.69, 9.17) is 14.2 Å². The number of aliphatic hydroxyl groups is 1. The number of aliphatic hydroxyl groups excluding tert-OH is 1. The highest BCUT2D eigenvalue weighted by molar-refractivity contribution is 7.17. The van der Waals surface area contributed by atoms with Gasteiger partial charge in [0, 0.05) is 5.56 Å². The van der Waals surface area contributed by atoms with E-state index >= 15 is 0 Å². The van der Waals surface area contributed by atoms with E-state index in [1.54, 1.807) is 49.4 Å². The van der Waals surface area contributed by atoms with E-state index in [1.807, 2.05) is 20.8 Å². The van der Waals surface area contributed by atoms with Crippen LogP contribution in [0.2, 0.25) is 0 Å². The van der Waals surface area contributed by atoms with Crippen molar-refractivity contribution in [2.75, 3.05) is 25.2 Å². The van der Waals surface area contributed by atoms with E-state index in [-0.39, 0.29) is 21.3 Å². The number of nitrogens with zero attached hydrogens (tertiary/aromatic N) is 2. The number of esters is 1. The Kier molecular flexibility index (Phi) is 8.89. The van der Waals surface area contributed by atoms with Crippen molar-refractivity contribution in [3.05, 3.63) is 75.3 Å². The molecule has 0 spiro atoms. The molecule has 9 nitrogen and oxygen atoms in total. The number of anilines is 1. The lowest BCUT2D eigenvalue weighted by molar-refractivity contribution is -0.132. The molecule has 0 radical (unpaired) electrons. The topological polar surface area (TPSA) is 115 Å². The average Bonchev–Trinajstić information content (AvgIpc) is 3.46. The van der Waals surface area contributed by atoms with Crippen LogP contribution in [0.25, 0.3) is 5.76 Å². The molecule has 0 bridgehead atoms. The van der Waals surface area contributed by atoms with Crippen molar-refractivity contribution >= 4 is 39.9 Å². The van der Waals surface area contributed by atoms with E-state index in [2.05, 4.69) is 4.98 Å². The number of aryl methyl sites for hydroxylation is 2. The monoisotopic (exact) mass is 564 g/mol. The Morgan fingerprint density at radius 2 is 1.70 bits per heavy atom. The fourth-order valence-electron chi connectivity index (χ4n) is 4.40. The van der Waals surface area contributed by atoms with Crippen molar-refractivity contribution in [2.24, 2.45) is 0 Å². The fraction of sp³-hybridized carbons (Fsp3) is 0.333. The number of hydrogen-bond acceptors (Lipinski definition) is 9. The second-order valence-corrected chi connectivity index (χ2v) is 10.3. The molecule has 4 rings (SSSR count). The number of rotatable bonds is 10. The van der Waals surface area contributed by atoms with Gasteiger partial charge in [0.15, 0.2) is 5.13 Å². The smallest absolute Gasteiger partial charge is 0.350 e. The Morgan fingerprint density at radius 3 is 2.33 bits per heavy atom. The molecule has 1 fully saturated rings. The molecule has 0 saturated carbocycles. The van der Waals surface area contributed by atoms with Crippen molar-refractivity contribution in [1.29, 1.82) is 0 Å². The zero-order chi connectivity index (χ0) is 29.0. The molecule has 1 aromatic heterocycles. The molecule has 3 aromatic rings. The van der Waals surface area contributed by atoms with Gasteiger partial charge < -0.3 is 19.3 Å². The number of Topliss-reactive ketones (excluding diaryl/α,β-unsaturated/α-hetero) is 1. The summed E-state index contributed by atoms with van der Waals surface area (Å²) < 4.78 is 16.3. The first kappa shape index (κ1) is 28.8. The summed E-state index contributed by atoms with van der Waals surface area (Å²) >= 11 is 0.951. The van der Waals surface area contributed by atoms with Gasteiger partial charge in [-0.05, 0) is 68.1 Å². The van der Waals surface area contributed by atoms with E-state index in [0.717, 1.165) is 29.7 Å². The minimum absolute atomic E-state index is 0.0821. The first-order valence-corrected chi connectivity index (χ1v) is 13.9. The second kappa shape index (κ2) is 12.3. The molecule has 1 unspecified atom stereocenters. The molecular formula is C30H32N2O7S. The highest BCUT2D eigenvalue weighted by Crippen LogP contribution is 2.44. The predicted molar refractivity (Wildman–Crippen MR) is 152 cm³/mol. The Labute approximate surface area is 237 Å². The molecule has 1 aliphatic rings. The molecule has 40 heavy (non-hydrogen) atoms. The van der Waals surface area contributed by atoms with Crippen LogP contribution in [0.15, 0.2) is 48.0 Å². The van der Waals surface area contributed by atoms with Crippen LogP contribution < -0.4 is 14.4 Å². The largest absolute Gasteiger partial charge is 0.507 e. The van der Waals surface area contributed by atoms with Crippen LogP contribution in [0.4, 0.5) is 5.13 Å². The lowest BCUT2D eigenvalue weighted by Crippen LogP contribution is -2.29. The standard InChI is InChI=1S/C30H32N2O7S/c1-6-14-38-21-11-8-19(9-12-21)24-23(25(33)20-10-13-22(17(3)16-20)39-15-7-2)26(34)28(35)32(24)30-31-18(4)27(40-30)29(36)37-5/h8-13,16,24,33H,6-7,14-15H2,1-5H3/b25-23-. The number of ether oxygens (including phenoxy) is 3. The summed E-state index contributed by atoms with van der Waals surface area (Å²) in [6.45, 7) is 8.59. The van der Waals surface area contributed by atoms with Gasteiger partial charge in [-0.3, -0.25) is 14.5 Å². The third-order valence-electron chi connectivity index (χ3n) is 6.39. The zero-order valence-corrected chi connectivity index (χ0v) is 24.0. The molecule has 1 aliphatic heterocycles. The summed E-state index contributed by atoms with van der Waals surface area (Å²) in [5, 5.41) is 11.6. The Hall–Kier alpha value is -4.18. The first-order valence-electron chi connectivity index (χ1n) is 13.0. The number of ketones is 1. The maximum atomic E-state index is 13.5. The number of thiazole rings is 1. The summed E-state index contributed by atoms with van der Waals surface area (Å²) in [5.74, 6) is -1.31. The minimum atomic E-state index is -0.993. The van der Waals surface area contributed by atoms with Gasteiger partial charge in [-0.2, -0.15) is 0 Å². The highest BCUT2D eigenvalue weighted by Gasteiger charge is 2.48. The minimum Gasteiger partial charge on any atom is -0.507 e. The Bertz CT molecular complexity index is 1460. The Morgan fingerprint density at radius 1 is 1.02 bits per heavy atom. The van der Waals surface area contributed by atoms with E-state index in [1.165, 1.54) is 12.0 Å². The van der Waals surface area contributed by atoms with Gasteiger partial charge in [-0.15, -0.1) is 0 Å². The normalized spacial score (nSPS) is 16.3. The molecule has 1 saturated heterocycles. The molecule has 0 aliphatic carbocycles. The van der Waals surface area contributed by atoms with Crippen LogP contribution >= 0.6 is 11.3 Å². The third-order valence-corrected chi connectivity index (χ3v) is 7.52. The summed E-state index contributed by atoms with van der Waals surface area (Å²) in [6.07, 6.45) is 1.69. The number of carbonyl (C=O) groups is 3. The number of methoxy groups -OCH3 is 1. The van der Waals surface area contributed by atoms with Gasteiger partial charge in [-0.25, -0.2) is 9.78 Å². The fourth-order valence-corrected chi connectivity index (χ4v) is 5.42. The van der Waals surface area contributed by atoms with E-state index in [0.29, 0.717) is 41.5 Å². The number of benzene rings is 2. The van der Waals surface area contributed by atoms with Crippen molar-refractivity contribution in [3.63, 3.8) is 0 Å².